The number of likely N-dealkylation sites (tertiary alicyclic amines) is 1. The third-order valence-electron chi connectivity index (χ3n) is 3.26. The van der Waals surface area contributed by atoms with Crippen molar-refractivity contribution in [3.63, 3.8) is 0 Å². The number of rotatable bonds is 4. The Kier molecular flexibility index (Phi) is 4.98. The van der Waals surface area contributed by atoms with Crippen LogP contribution < -0.4 is 5.48 Å². The number of carbonyl (C=O) groups is 1. The van der Waals surface area contributed by atoms with Gasteiger partial charge >= 0.3 is 6.18 Å². The molecule has 0 radical (unpaired) electrons. The number of halogens is 3. The van der Waals surface area contributed by atoms with Gasteiger partial charge in [-0.25, -0.2) is 5.48 Å². The lowest BCUT2D eigenvalue weighted by atomic mass is 10.2. The van der Waals surface area contributed by atoms with Gasteiger partial charge in [0.05, 0.1) is 6.04 Å². The average molecular weight is 268 g/mol. The highest BCUT2D eigenvalue weighted by Gasteiger charge is 2.35. The van der Waals surface area contributed by atoms with Gasteiger partial charge in [-0.05, 0) is 33.6 Å². The van der Waals surface area contributed by atoms with E-state index in [1.807, 2.05) is 24.2 Å². The van der Waals surface area contributed by atoms with Crippen molar-refractivity contribution in [1.29, 1.82) is 0 Å². The number of hydrogen-bond donors (Lipinski definition) is 1. The number of nitrogens with zero attached hydrogens (tertiary/aromatic N) is 1. The molecule has 0 bridgehead atoms. The molecule has 0 saturated carbocycles. The fourth-order valence-corrected chi connectivity index (χ4v) is 2.39. The monoisotopic (exact) mass is 268 g/mol. The highest BCUT2D eigenvalue weighted by Crippen LogP contribution is 2.25. The first-order valence-corrected chi connectivity index (χ1v) is 5.98. The van der Waals surface area contributed by atoms with Crippen LogP contribution in [-0.4, -0.2) is 41.7 Å². The van der Waals surface area contributed by atoms with Crippen LogP contribution >= 0.6 is 0 Å². The van der Waals surface area contributed by atoms with Gasteiger partial charge in [0.25, 0.3) is 5.91 Å². The lowest BCUT2D eigenvalue weighted by Crippen LogP contribution is -2.49. The van der Waals surface area contributed by atoms with Gasteiger partial charge in [0.15, 0.2) is 6.61 Å². The molecular weight excluding hydrogens is 249 g/mol. The van der Waals surface area contributed by atoms with Crippen molar-refractivity contribution in [2.24, 2.45) is 0 Å². The van der Waals surface area contributed by atoms with Crippen LogP contribution in [0.1, 0.15) is 33.6 Å². The van der Waals surface area contributed by atoms with E-state index in [0.29, 0.717) is 0 Å². The van der Waals surface area contributed by atoms with Crippen LogP contribution in [0.25, 0.3) is 0 Å². The van der Waals surface area contributed by atoms with Crippen molar-refractivity contribution >= 4 is 5.91 Å². The number of nitrogens with one attached hydrogen (secondary N) is 1. The van der Waals surface area contributed by atoms with Gasteiger partial charge in [0, 0.05) is 12.1 Å². The summed E-state index contributed by atoms with van der Waals surface area (Å²) in [5, 5.41) is 0. The molecule has 1 saturated heterocycles. The van der Waals surface area contributed by atoms with E-state index in [1.165, 1.54) is 0 Å². The third kappa shape index (κ3) is 4.13. The zero-order valence-corrected chi connectivity index (χ0v) is 10.8. The molecule has 1 aliphatic rings. The lowest BCUT2D eigenvalue weighted by molar-refractivity contribution is -0.193. The maximum atomic E-state index is 11.8. The second kappa shape index (κ2) is 5.88. The Balaban J connectivity index is 2.41. The number of hydrogen-bond acceptors (Lipinski definition) is 3. The third-order valence-corrected chi connectivity index (χ3v) is 3.26. The first kappa shape index (κ1) is 15.2. The maximum Gasteiger partial charge on any atom is 0.414 e. The smallest absolute Gasteiger partial charge is 0.287 e. The van der Waals surface area contributed by atoms with Crippen LogP contribution in [0.3, 0.4) is 0 Å². The molecule has 1 aliphatic heterocycles. The zero-order valence-electron chi connectivity index (χ0n) is 10.8. The molecule has 1 fully saturated rings. The zero-order chi connectivity index (χ0) is 13.9. The summed E-state index contributed by atoms with van der Waals surface area (Å²) in [4.78, 5) is 17.8. The van der Waals surface area contributed by atoms with Gasteiger partial charge in [-0.1, -0.05) is 0 Å². The van der Waals surface area contributed by atoms with Crippen LogP contribution in [0.15, 0.2) is 0 Å². The highest BCUT2D eigenvalue weighted by atomic mass is 19.4. The van der Waals surface area contributed by atoms with Gasteiger partial charge in [0.2, 0.25) is 0 Å². The minimum Gasteiger partial charge on any atom is -0.287 e. The maximum absolute atomic E-state index is 11.8. The highest BCUT2D eigenvalue weighted by molar-refractivity contribution is 5.80. The van der Waals surface area contributed by atoms with E-state index in [0.717, 1.165) is 12.8 Å². The molecule has 18 heavy (non-hydrogen) atoms. The first-order valence-electron chi connectivity index (χ1n) is 5.98. The molecule has 3 atom stereocenters. The first-order chi connectivity index (χ1) is 8.22. The Morgan fingerprint density at radius 1 is 1.39 bits per heavy atom. The Bertz CT molecular complexity index is 287. The minimum atomic E-state index is -4.44. The lowest BCUT2D eigenvalue weighted by Gasteiger charge is -2.31. The van der Waals surface area contributed by atoms with Crippen LogP contribution in [0, 0.1) is 0 Å². The van der Waals surface area contributed by atoms with E-state index < -0.39 is 24.7 Å². The molecule has 0 aromatic carbocycles. The number of amides is 1. The van der Waals surface area contributed by atoms with E-state index in [1.54, 1.807) is 6.92 Å². The second-order valence-electron chi connectivity index (χ2n) is 4.77. The Hall–Kier alpha value is -0.820. The van der Waals surface area contributed by atoms with Crippen LogP contribution in [-0.2, 0) is 9.63 Å². The van der Waals surface area contributed by atoms with E-state index >= 15 is 0 Å². The summed E-state index contributed by atoms with van der Waals surface area (Å²) in [6, 6.07) is 0.0115. The summed E-state index contributed by atoms with van der Waals surface area (Å²) >= 11 is 0. The number of carbonyl (C=O) groups excluding carboxylic acids is 1. The molecule has 0 spiro atoms. The van der Waals surface area contributed by atoms with E-state index in [2.05, 4.69) is 4.84 Å². The molecule has 3 unspecified atom stereocenters. The number of alkyl halides is 3. The van der Waals surface area contributed by atoms with Crippen molar-refractivity contribution in [3.05, 3.63) is 0 Å². The van der Waals surface area contributed by atoms with Crippen molar-refractivity contribution in [3.8, 4) is 0 Å². The quantitative estimate of drug-likeness (QED) is 0.791. The summed E-state index contributed by atoms with van der Waals surface area (Å²) in [6.07, 6.45) is -2.46. The molecule has 1 N–H and O–H groups in total. The summed E-state index contributed by atoms with van der Waals surface area (Å²) in [7, 11) is 0. The fourth-order valence-electron chi connectivity index (χ4n) is 2.39. The van der Waals surface area contributed by atoms with Crippen LogP contribution in [0.4, 0.5) is 13.2 Å². The van der Waals surface area contributed by atoms with Gasteiger partial charge < -0.3 is 0 Å². The van der Waals surface area contributed by atoms with E-state index in [9.17, 15) is 18.0 Å². The molecule has 1 amide bonds. The predicted octanol–water partition coefficient (Wildman–Crippen LogP) is 1.86. The molecule has 0 aromatic rings. The summed E-state index contributed by atoms with van der Waals surface area (Å²) < 4.78 is 35.5. The minimum absolute atomic E-state index is 0.253. The van der Waals surface area contributed by atoms with Gasteiger partial charge in [-0.2, -0.15) is 13.2 Å². The molecule has 0 aromatic heterocycles. The van der Waals surface area contributed by atoms with Crippen molar-refractivity contribution < 1.29 is 22.8 Å². The molecule has 4 nitrogen and oxygen atoms in total. The van der Waals surface area contributed by atoms with E-state index in [-0.39, 0.29) is 12.1 Å². The Morgan fingerprint density at radius 3 is 2.33 bits per heavy atom. The largest absolute Gasteiger partial charge is 0.414 e. The van der Waals surface area contributed by atoms with E-state index in [4.69, 9.17) is 0 Å². The SMILES string of the molecule is CC1CCC(C)N1C(C)C(=O)NOCC(F)(F)F. The normalized spacial score (nSPS) is 27.2. The van der Waals surface area contributed by atoms with Crippen molar-refractivity contribution in [1.82, 2.24) is 10.4 Å². The molecule has 1 rings (SSSR count). The van der Waals surface area contributed by atoms with Crippen molar-refractivity contribution in [2.75, 3.05) is 6.61 Å². The molecular formula is C11H19F3N2O2. The van der Waals surface area contributed by atoms with Crippen LogP contribution in [0.5, 0.6) is 0 Å². The average Bonchev–Trinajstić information content (AvgIpc) is 2.55. The van der Waals surface area contributed by atoms with Crippen LogP contribution in [0.2, 0.25) is 0 Å². The van der Waals surface area contributed by atoms with Gasteiger partial charge in [-0.3, -0.25) is 14.5 Å². The van der Waals surface area contributed by atoms with Gasteiger partial charge in [0.1, 0.15) is 0 Å². The van der Waals surface area contributed by atoms with Crippen molar-refractivity contribution in [2.45, 2.75) is 57.9 Å². The summed E-state index contributed by atoms with van der Waals surface area (Å²) in [5.41, 5.74) is 1.86. The second-order valence-corrected chi connectivity index (χ2v) is 4.77. The Labute approximate surface area is 104 Å². The molecule has 1 heterocycles. The summed E-state index contributed by atoms with van der Waals surface area (Å²) in [6.45, 7) is 4.20. The van der Waals surface area contributed by atoms with Gasteiger partial charge in [-0.15, -0.1) is 0 Å². The predicted molar refractivity (Wildman–Crippen MR) is 59.6 cm³/mol. The number of hydroxylamine groups is 1. The Morgan fingerprint density at radius 2 is 1.89 bits per heavy atom. The standard InChI is InChI=1S/C11H19F3N2O2/c1-7-4-5-8(2)16(7)9(3)10(17)15-18-6-11(12,13)14/h7-9H,4-6H2,1-3H3,(H,15,17). The summed E-state index contributed by atoms with van der Waals surface area (Å²) in [5.74, 6) is -0.542. The molecule has 106 valence electrons. The molecule has 7 heteroatoms. The topological polar surface area (TPSA) is 41.6 Å². The molecule has 0 aliphatic carbocycles. The fraction of sp³-hybridized carbons (Fsp3) is 0.909.